The van der Waals surface area contributed by atoms with Gasteiger partial charge in [-0.3, -0.25) is 14.9 Å². The zero-order valence-corrected chi connectivity index (χ0v) is 12.3. The van der Waals surface area contributed by atoms with Crippen molar-refractivity contribution in [3.05, 3.63) is 33.3 Å². The summed E-state index contributed by atoms with van der Waals surface area (Å²) < 4.78 is 22.2. The van der Waals surface area contributed by atoms with Gasteiger partial charge in [-0.15, -0.1) is 0 Å². The highest BCUT2D eigenvalue weighted by Crippen LogP contribution is 2.34. The van der Waals surface area contributed by atoms with Crippen LogP contribution in [0, 0.1) is 16.0 Å². The van der Waals surface area contributed by atoms with Crippen molar-refractivity contribution in [3.63, 3.8) is 0 Å². The number of nitro benzene ring substituents is 1. The summed E-state index contributed by atoms with van der Waals surface area (Å²) in [6.07, 6.45) is 0.00938. The second kappa shape index (κ2) is 5.58. The first-order chi connectivity index (χ1) is 9.67. The van der Waals surface area contributed by atoms with Crippen LogP contribution in [0.3, 0.4) is 0 Å². The van der Waals surface area contributed by atoms with Crippen LogP contribution < -0.4 is 10.0 Å². The van der Waals surface area contributed by atoms with Gasteiger partial charge in [0.15, 0.2) is 0 Å². The molecule has 1 fully saturated rings. The molecule has 0 radical (unpaired) electrons. The van der Waals surface area contributed by atoms with E-state index < -0.39 is 20.9 Å². The minimum atomic E-state index is -3.69. The van der Waals surface area contributed by atoms with Crippen molar-refractivity contribution < 1.29 is 18.1 Å². The van der Waals surface area contributed by atoms with E-state index in [1.165, 1.54) is 23.1 Å². The average Bonchev–Trinajstić information content (AvgIpc) is 2.67. The Hall–Kier alpha value is -1.71. The summed E-state index contributed by atoms with van der Waals surface area (Å²) in [5.74, 6) is -1.12. The zero-order valence-electron chi connectivity index (χ0n) is 10.7. The summed E-state index contributed by atoms with van der Waals surface area (Å²) in [6, 6.07) is 3.75. The number of amides is 1. The molecular formula is C11H12ClN3O5S. The van der Waals surface area contributed by atoms with Crippen molar-refractivity contribution >= 4 is 38.9 Å². The summed E-state index contributed by atoms with van der Waals surface area (Å²) in [7, 11) is -3.69. The SMILES string of the molecule is NS(=O)(=O)CC1CC(=O)N(c2cc([N+](=O)[O-])ccc2Cl)C1. The number of anilines is 1. The number of hydrogen-bond acceptors (Lipinski definition) is 5. The highest BCUT2D eigenvalue weighted by molar-refractivity contribution is 7.89. The van der Waals surface area contributed by atoms with E-state index in [4.69, 9.17) is 16.7 Å². The number of nitro groups is 1. The van der Waals surface area contributed by atoms with Crippen LogP contribution in [0.25, 0.3) is 0 Å². The molecule has 1 aromatic carbocycles. The molecule has 10 heteroatoms. The molecule has 1 unspecified atom stereocenters. The molecule has 0 bridgehead atoms. The normalized spacial score (nSPS) is 19.0. The van der Waals surface area contributed by atoms with Gasteiger partial charge in [0.25, 0.3) is 5.69 Å². The van der Waals surface area contributed by atoms with E-state index in [1.54, 1.807) is 0 Å². The third-order valence-electron chi connectivity index (χ3n) is 3.10. The molecule has 1 aromatic rings. The molecule has 1 aliphatic heterocycles. The van der Waals surface area contributed by atoms with Crippen molar-refractivity contribution in [1.29, 1.82) is 0 Å². The van der Waals surface area contributed by atoms with Crippen LogP contribution in [0.2, 0.25) is 5.02 Å². The first kappa shape index (κ1) is 15.7. The molecule has 21 heavy (non-hydrogen) atoms. The minimum absolute atomic E-state index is 0.00938. The van der Waals surface area contributed by atoms with Gasteiger partial charge in [-0.2, -0.15) is 0 Å². The molecule has 8 nitrogen and oxygen atoms in total. The van der Waals surface area contributed by atoms with Crippen molar-refractivity contribution in [2.75, 3.05) is 17.2 Å². The van der Waals surface area contributed by atoms with E-state index in [0.29, 0.717) is 0 Å². The molecule has 0 saturated carbocycles. The maximum atomic E-state index is 12.0. The molecule has 0 aliphatic carbocycles. The van der Waals surface area contributed by atoms with Gasteiger partial charge in [-0.25, -0.2) is 13.6 Å². The number of nitrogens with two attached hydrogens (primary N) is 1. The summed E-state index contributed by atoms with van der Waals surface area (Å²) in [5, 5.41) is 15.9. The lowest BCUT2D eigenvalue weighted by Crippen LogP contribution is -2.27. The van der Waals surface area contributed by atoms with Crippen molar-refractivity contribution in [2.45, 2.75) is 6.42 Å². The Kier molecular flexibility index (Phi) is 4.17. The van der Waals surface area contributed by atoms with Crippen LogP contribution >= 0.6 is 11.6 Å². The van der Waals surface area contributed by atoms with Crippen molar-refractivity contribution in [1.82, 2.24) is 0 Å². The average molecular weight is 334 g/mol. The fourth-order valence-electron chi connectivity index (χ4n) is 2.28. The highest BCUT2D eigenvalue weighted by atomic mass is 35.5. The van der Waals surface area contributed by atoms with Gasteiger partial charge >= 0.3 is 0 Å². The Balaban J connectivity index is 2.28. The summed E-state index contributed by atoms with van der Waals surface area (Å²) in [6.45, 7) is 0.107. The topological polar surface area (TPSA) is 124 Å². The van der Waals surface area contributed by atoms with Gasteiger partial charge in [-0.1, -0.05) is 11.6 Å². The number of non-ortho nitro benzene ring substituents is 1. The van der Waals surface area contributed by atoms with Crippen molar-refractivity contribution in [2.24, 2.45) is 11.1 Å². The molecule has 1 amide bonds. The largest absolute Gasteiger partial charge is 0.310 e. The number of benzene rings is 1. The second-order valence-corrected chi connectivity index (χ2v) is 6.86. The first-order valence-electron chi connectivity index (χ1n) is 5.92. The molecule has 1 heterocycles. The maximum Gasteiger partial charge on any atom is 0.271 e. The highest BCUT2D eigenvalue weighted by Gasteiger charge is 2.34. The lowest BCUT2D eigenvalue weighted by atomic mass is 10.1. The number of carbonyl (C=O) groups excluding carboxylic acids is 1. The van der Waals surface area contributed by atoms with E-state index in [-0.39, 0.29) is 41.0 Å². The predicted molar refractivity (Wildman–Crippen MR) is 76.5 cm³/mol. The zero-order chi connectivity index (χ0) is 15.8. The second-order valence-electron chi connectivity index (χ2n) is 4.80. The number of primary sulfonamides is 1. The summed E-state index contributed by atoms with van der Waals surface area (Å²) >= 11 is 5.97. The number of halogens is 1. The van der Waals surface area contributed by atoms with Gasteiger partial charge in [0, 0.05) is 31.0 Å². The Morgan fingerprint density at radius 1 is 1.48 bits per heavy atom. The van der Waals surface area contributed by atoms with Gasteiger partial charge < -0.3 is 4.90 Å². The van der Waals surface area contributed by atoms with Crippen LogP contribution in [0.4, 0.5) is 11.4 Å². The number of nitrogens with zero attached hydrogens (tertiary/aromatic N) is 2. The predicted octanol–water partition coefficient (Wildman–Crippen LogP) is 0.890. The van der Waals surface area contributed by atoms with Crippen LogP contribution in [-0.4, -0.2) is 31.5 Å². The van der Waals surface area contributed by atoms with Crippen LogP contribution in [0.1, 0.15) is 6.42 Å². The quantitative estimate of drug-likeness (QED) is 0.647. The van der Waals surface area contributed by atoms with E-state index in [9.17, 15) is 23.3 Å². The Morgan fingerprint density at radius 3 is 2.71 bits per heavy atom. The summed E-state index contributed by atoms with van der Waals surface area (Å²) in [5.41, 5.74) is 0.00452. The van der Waals surface area contributed by atoms with E-state index in [1.807, 2.05) is 0 Å². The lowest BCUT2D eigenvalue weighted by Gasteiger charge is -2.17. The van der Waals surface area contributed by atoms with Gasteiger partial charge in [0.05, 0.1) is 21.4 Å². The van der Waals surface area contributed by atoms with Crippen LogP contribution in [0.5, 0.6) is 0 Å². The van der Waals surface area contributed by atoms with E-state index in [0.717, 1.165) is 0 Å². The first-order valence-corrected chi connectivity index (χ1v) is 8.01. The molecule has 2 N–H and O–H groups in total. The van der Waals surface area contributed by atoms with Gasteiger partial charge in [0.1, 0.15) is 0 Å². The maximum absolute atomic E-state index is 12.0. The van der Waals surface area contributed by atoms with Gasteiger partial charge in [0.2, 0.25) is 15.9 Å². The Morgan fingerprint density at radius 2 is 2.14 bits per heavy atom. The fourth-order valence-corrected chi connectivity index (χ4v) is 3.38. The Bertz CT molecular complexity index is 706. The number of hydrogen-bond donors (Lipinski definition) is 1. The standard InChI is InChI=1S/C11H12ClN3O5S/c12-9-2-1-8(15(17)18)4-10(9)14-5-7(3-11(14)16)6-21(13,19)20/h1-2,4,7H,3,5-6H2,(H2,13,19,20). The molecule has 0 aromatic heterocycles. The van der Waals surface area contributed by atoms with E-state index in [2.05, 4.69) is 0 Å². The third-order valence-corrected chi connectivity index (χ3v) is 4.36. The monoisotopic (exact) mass is 333 g/mol. The molecule has 1 atom stereocenters. The number of sulfonamides is 1. The molecule has 1 saturated heterocycles. The fraction of sp³-hybridized carbons (Fsp3) is 0.364. The number of carbonyl (C=O) groups is 1. The molecule has 2 rings (SSSR count). The van der Waals surface area contributed by atoms with Crippen molar-refractivity contribution in [3.8, 4) is 0 Å². The molecular weight excluding hydrogens is 322 g/mol. The van der Waals surface area contributed by atoms with Crippen LogP contribution in [-0.2, 0) is 14.8 Å². The smallest absolute Gasteiger partial charge is 0.271 e. The third kappa shape index (κ3) is 3.69. The lowest BCUT2D eigenvalue weighted by molar-refractivity contribution is -0.384. The minimum Gasteiger partial charge on any atom is -0.310 e. The van der Waals surface area contributed by atoms with E-state index >= 15 is 0 Å². The Labute approximate surface area is 125 Å². The molecule has 114 valence electrons. The summed E-state index contributed by atoms with van der Waals surface area (Å²) in [4.78, 5) is 23.4. The molecule has 0 spiro atoms. The number of rotatable bonds is 4. The molecule has 1 aliphatic rings. The van der Waals surface area contributed by atoms with Crippen LogP contribution in [0.15, 0.2) is 18.2 Å². The van der Waals surface area contributed by atoms with Gasteiger partial charge in [-0.05, 0) is 6.07 Å².